The monoisotopic (exact) mass is 422 g/mol. The van der Waals surface area contributed by atoms with E-state index in [1.807, 2.05) is 0 Å². The quantitative estimate of drug-likeness (QED) is 0.520. The zero-order valence-corrected chi connectivity index (χ0v) is 19.5. The summed E-state index contributed by atoms with van der Waals surface area (Å²) in [5.41, 5.74) is 5.73. The minimum Gasteiger partial charge on any atom is -0.462 e. The number of aryl methyl sites for hydroxylation is 2. The molecule has 4 heteroatoms. The molecular weight excluding hydrogens is 384 g/mol. The van der Waals surface area contributed by atoms with Crippen LogP contribution in [0.15, 0.2) is 30.4 Å². The molecule has 0 radical (unpaired) electrons. The molecule has 0 unspecified atom stereocenters. The fourth-order valence-corrected chi connectivity index (χ4v) is 6.85. The minimum absolute atomic E-state index is 0.0393. The molecule has 5 rings (SSSR count). The largest absolute Gasteiger partial charge is 0.462 e. The molecule has 0 N–H and O–H groups in total. The number of benzene rings is 1. The third-order valence-corrected chi connectivity index (χ3v) is 9.00. The van der Waals surface area contributed by atoms with Crippen molar-refractivity contribution in [2.75, 3.05) is 37.6 Å². The third-order valence-electron chi connectivity index (χ3n) is 9.00. The zero-order valence-electron chi connectivity index (χ0n) is 19.5. The lowest BCUT2D eigenvalue weighted by Gasteiger charge is -2.50. The smallest absolute Gasteiger partial charge is 0.310 e. The molecule has 4 aliphatic rings. The molecule has 4 nitrogen and oxygen atoms in total. The van der Waals surface area contributed by atoms with E-state index < -0.39 is 0 Å². The Balaban J connectivity index is 1.22. The molecule has 0 amide bonds. The first-order valence-electron chi connectivity index (χ1n) is 12.3. The van der Waals surface area contributed by atoms with E-state index >= 15 is 0 Å². The van der Waals surface area contributed by atoms with Crippen molar-refractivity contribution < 1.29 is 9.53 Å². The van der Waals surface area contributed by atoms with Gasteiger partial charge in [0.05, 0.1) is 5.92 Å². The summed E-state index contributed by atoms with van der Waals surface area (Å²) in [5, 5.41) is 0. The summed E-state index contributed by atoms with van der Waals surface area (Å²) in [4.78, 5) is 17.9. The van der Waals surface area contributed by atoms with Gasteiger partial charge in [-0.05, 0) is 80.5 Å². The lowest BCUT2D eigenvalue weighted by atomic mass is 9.55. The second-order valence-electron chi connectivity index (χ2n) is 11.0. The number of rotatable bonds is 3. The van der Waals surface area contributed by atoms with Crippen LogP contribution in [0.3, 0.4) is 0 Å². The molecule has 2 saturated carbocycles. The highest BCUT2D eigenvalue weighted by Crippen LogP contribution is 2.56. The Morgan fingerprint density at radius 2 is 1.94 bits per heavy atom. The number of carbonyl (C=O) groups is 1. The van der Waals surface area contributed by atoms with E-state index in [2.05, 4.69) is 55.3 Å². The standard InChI is InChI=1S/C27H38N2O2/c1-18-7-8-21(14-20(18)3)29-12-10-28(11-13-29)17-23-22-15-24-19(2)6-5-9-27(24,4)16-25(22)31-26(23)30/h7-8,14,22-25H,2,5-6,9-13,15-17H2,1,3-4H3/t22-,23-,24+,25+,27+/m0/s1. The van der Waals surface area contributed by atoms with Crippen molar-refractivity contribution in [2.45, 2.75) is 59.0 Å². The lowest BCUT2D eigenvalue weighted by molar-refractivity contribution is -0.146. The van der Waals surface area contributed by atoms with E-state index in [0.29, 0.717) is 11.8 Å². The number of nitrogens with zero attached hydrogens (tertiary/aromatic N) is 2. The van der Waals surface area contributed by atoms with Crippen molar-refractivity contribution >= 4 is 11.7 Å². The van der Waals surface area contributed by atoms with Gasteiger partial charge in [0, 0.05) is 44.3 Å². The predicted molar refractivity (Wildman–Crippen MR) is 125 cm³/mol. The van der Waals surface area contributed by atoms with Crippen molar-refractivity contribution in [3.63, 3.8) is 0 Å². The molecule has 0 bridgehead atoms. The molecule has 0 aromatic heterocycles. The topological polar surface area (TPSA) is 32.8 Å². The Morgan fingerprint density at radius 1 is 1.16 bits per heavy atom. The number of carbonyl (C=O) groups excluding carboxylic acids is 1. The highest BCUT2D eigenvalue weighted by atomic mass is 16.6. The van der Waals surface area contributed by atoms with Crippen LogP contribution in [-0.4, -0.2) is 49.7 Å². The van der Waals surface area contributed by atoms with E-state index in [1.165, 1.54) is 35.2 Å². The molecule has 1 aromatic carbocycles. The van der Waals surface area contributed by atoms with Crippen LogP contribution < -0.4 is 4.90 Å². The molecular formula is C27H38N2O2. The summed E-state index contributed by atoms with van der Waals surface area (Å²) in [5.74, 6) is 1.04. The van der Waals surface area contributed by atoms with Gasteiger partial charge < -0.3 is 9.64 Å². The van der Waals surface area contributed by atoms with Gasteiger partial charge in [0.25, 0.3) is 0 Å². The first-order valence-corrected chi connectivity index (χ1v) is 12.3. The summed E-state index contributed by atoms with van der Waals surface area (Å²) < 4.78 is 5.98. The number of hydrogen-bond donors (Lipinski definition) is 0. The Hall–Kier alpha value is -1.81. The molecule has 4 fully saturated rings. The molecule has 5 atom stereocenters. The van der Waals surface area contributed by atoms with Crippen molar-refractivity contribution in [3.05, 3.63) is 41.5 Å². The van der Waals surface area contributed by atoms with Crippen LogP contribution in [0.2, 0.25) is 0 Å². The first-order chi connectivity index (χ1) is 14.8. The number of piperazine rings is 1. The summed E-state index contributed by atoms with van der Waals surface area (Å²) >= 11 is 0. The van der Waals surface area contributed by atoms with Crippen molar-refractivity contribution in [1.82, 2.24) is 4.90 Å². The minimum atomic E-state index is 0.0393. The van der Waals surface area contributed by atoms with Crippen LogP contribution in [0.4, 0.5) is 5.69 Å². The average Bonchev–Trinajstić information content (AvgIpc) is 3.03. The maximum atomic E-state index is 12.9. The van der Waals surface area contributed by atoms with E-state index in [0.717, 1.165) is 52.0 Å². The fourth-order valence-electron chi connectivity index (χ4n) is 6.85. The van der Waals surface area contributed by atoms with Crippen molar-refractivity contribution in [2.24, 2.45) is 23.2 Å². The van der Waals surface area contributed by atoms with E-state index in [-0.39, 0.29) is 23.4 Å². The number of anilines is 1. The highest BCUT2D eigenvalue weighted by molar-refractivity contribution is 5.75. The Morgan fingerprint density at radius 3 is 2.68 bits per heavy atom. The zero-order chi connectivity index (χ0) is 21.8. The molecule has 2 heterocycles. The molecule has 31 heavy (non-hydrogen) atoms. The van der Waals surface area contributed by atoms with Crippen LogP contribution in [0, 0.1) is 37.0 Å². The maximum absolute atomic E-state index is 12.9. The van der Waals surface area contributed by atoms with Crippen molar-refractivity contribution in [1.29, 1.82) is 0 Å². The van der Waals surface area contributed by atoms with Crippen LogP contribution in [0.25, 0.3) is 0 Å². The van der Waals surface area contributed by atoms with Crippen LogP contribution in [-0.2, 0) is 9.53 Å². The number of ether oxygens (including phenoxy) is 1. The fraction of sp³-hybridized carbons (Fsp3) is 0.667. The summed E-state index contributed by atoms with van der Waals surface area (Å²) in [6, 6.07) is 6.77. The highest BCUT2D eigenvalue weighted by Gasteiger charge is 2.55. The van der Waals surface area contributed by atoms with Gasteiger partial charge in [0.2, 0.25) is 0 Å². The van der Waals surface area contributed by atoms with Gasteiger partial charge in [-0.2, -0.15) is 0 Å². The Kier molecular flexibility index (Phi) is 5.40. The molecule has 0 spiro atoms. The molecule has 2 aliphatic heterocycles. The second kappa shape index (κ2) is 7.95. The SMILES string of the molecule is C=C1CCC[C@]2(C)C[C@H]3OC(=O)[C@@H](CN4CCN(c5ccc(C)c(C)c5)CC4)[C@@H]3C[C@H]12. The molecule has 2 aliphatic carbocycles. The van der Waals surface area contributed by atoms with Gasteiger partial charge in [-0.15, -0.1) is 0 Å². The Bertz CT molecular complexity index is 872. The third kappa shape index (κ3) is 3.82. The van der Waals surface area contributed by atoms with Crippen LogP contribution in [0.5, 0.6) is 0 Å². The maximum Gasteiger partial charge on any atom is 0.310 e. The number of esters is 1. The number of allylic oxidation sites excluding steroid dienone is 1. The average molecular weight is 423 g/mol. The van der Waals surface area contributed by atoms with E-state index in [4.69, 9.17) is 4.74 Å². The van der Waals surface area contributed by atoms with Gasteiger partial charge in [-0.1, -0.05) is 25.1 Å². The summed E-state index contributed by atoms with van der Waals surface area (Å²) in [6.07, 6.45) is 5.91. The van der Waals surface area contributed by atoms with Crippen LogP contribution in [0.1, 0.15) is 50.2 Å². The number of hydrogen-bond acceptors (Lipinski definition) is 4. The van der Waals surface area contributed by atoms with Gasteiger partial charge in [-0.25, -0.2) is 0 Å². The normalized spacial score (nSPS) is 36.2. The molecule has 168 valence electrons. The second-order valence-corrected chi connectivity index (χ2v) is 11.0. The molecule has 2 saturated heterocycles. The van der Waals surface area contributed by atoms with Crippen LogP contribution >= 0.6 is 0 Å². The summed E-state index contributed by atoms with van der Waals surface area (Å²) in [7, 11) is 0. The van der Waals surface area contributed by atoms with E-state index in [1.54, 1.807) is 0 Å². The van der Waals surface area contributed by atoms with Gasteiger partial charge in [0.1, 0.15) is 6.10 Å². The molecule has 1 aromatic rings. The van der Waals surface area contributed by atoms with E-state index in [9.17, 15) is 4.79 Å². The lowest BCUT2D eigenvalue weighted by Crippen LogP contribution is -2.50. The van der Waals surface area contributed by atoms with Gasteiger partial charge in [-0.3, -0.25) is 9.69 Å². The van der Waals surface area contributed by atoms with Crippen molar-refractivity contribution in [3.8, 4) is 0 Å². The summed E-state index contributed by atoms with van der Waals surface area (Å²) in [6.45, 7) is 16.1. The predicted octanol–water partition coefficient (Wildman–Crippen LogP) is 4.74. The number of fused-ring (bicyclic) bond motifs is 2. The van der Waals surface area contributed by atoms with Gasteiger partial charge in [0.15, 0.2) is 0 Å². The first kappa shape index (κ1) is 21.1. The Labute approximate surface area is 187 Å². The van der Waals surface area contributed by atoms with Gasteiger partial charge >= 0.3 is 5.97 Å².